The molecule has 0 aromatic heterocycles. The van der Waals surface area contributed by atoms with Crippen LogP contribution in [0.3, 0.4) is 0 Å². The van der Waals surface area contributed by atoms with Crippen molar-refractivity contribution in [2.24, 2.45) is 5.92 Å². The van der Waals surface area contributed by atoms with E-state index in [9.17, 15) is 18.0 Å². The summed E-state index contributed by atoms with van der Waals surface area (Å²) in [6, 6.07) is 1.53. The van der Waals surface area contributed by atoms with E-state index in [-0.39, 0.29) is 36.3 Å². The summed E-state index contributed by atoms with van der Waals surface area (Å²) in [6.45, 7) is 1.64. The number of rotatable bonds is 3. The third kappa shape index (κ3) is 4.11. The lowest BCUT2D eigenvalue weighted by Crippen LogP contribution is -2.18. The molecule has 1 saturated heterocycles. The fourth-order valence-electron chi connectivity index (χ4n) is 1.99. The Labute approximate surface area is 115 Å². The number of carbonyl (C=O) groups excluding carboxylic acids is 1. The third-order valence-electron chi connectivity index (χ3n) is 2.90. The number of amides is 1. The van der Waals surface area contributed by atoms with Crippen LogP contribution < -0.4 is 10.6 Å². The van der Waals surface area contributed by atoms with Gasteiger partial charge in [-0.25, -0.2) is 13.2 Å². The lowest BCUT2D eigenvalue weighted by molar-refractivity contribution is -0.116. The van der Waals surface area contributed by atoms with Gasteiger partial charge in [0, 0.05) is 24.2 Å². The van der Waals surface area contributed by atoms with Gasteiger partial charge in [0.2, 0.25) is 5.91 Å². The second-order valence-electron chi connectivity index (χ2n) is 4.36. The van der Waals surface area contributed by atoms with Crippen molar-refractivity contribution in [1.29, 1.82) is 0 Å². The predicted octanol–water partition coefficient (Wildman–Crippen LogP) is 2.46. The molecule has 1 aromatic rings. The van der Waals surface area contributed by atoms with Crippen LogP contribution in [-0.2, 0) is 4.79 Å². The normalized spacial score (nSPS) is 17.9. The van der Waals surface area contributed by atoms with Crippen molar-refractivity contribution in [3.8, 4) is 0 Å². The predicted molar refractivity (Wildman–Crippen MR) is 67.8 cm³/mol. The average molecular weight is 295 g/mol. The van der Waals surface area contributed by atoms with Gasteiger partial charge >= 0.3 is 0 Å². The van der Waals surface area contributed by atoms with Crippen LogP contribution in [0, 0.1) is 23.4 Å². The largest absolute Gasteiger partial charge is 0.326 e. The molecule has 1 aliphatic heterocycles. The van der Waals surface area contributed by atoms with Gasteiger partial charge in [-0.3, -0.25) is 4.79 Å². The molecule has 0 spiro atoms. The highest BCUT2D eigenvalue weighted by molar-refractivity contribution is 5.90. The van der Waals surface area contributed by atoms with Gasteiger partial charge in [0.25, 0.3) is 0 Å². The molecule has 2 N–H and O–H groups in total. The molecule has 1 aromatic carbocycles. The second-order valence-corrected chi connectivity index (χ2v) is 4.36. The van der Waals surface area contributed by atoms with Gasteiger partial charge in [-0.1, -0.05) is 0 Å². The van der Waals surface area contributed by atoms with Gasteiger partial charge in [-0.2, -0.15) is 0 Å². The Hall–Kier alpha value is -1.27. The number of hydrogen-bond acceptors (Lipinski definition) is 2. The molecule has 7 heteroatoms. The Kier molecular flexibility index (Phi) is 5.62. The lowest BCUT2D eigenvalue weighted by Gasteiger charge is -2.09. The summed E-state index contributed by atoms with van der Waals surface area (Å²) in [7, 11) is 0. The molecular formula is C12H14ClF3N2O. The number of anilines is 1. The van der Waals surface area contributed by atoms with Crippen LogP contribution in [-0.4, -0.2) is 19.0 Å². The average Bonchev–Trinajstić information content (AvgIpc) is 2.78. The Bertz CT molecular complexity index is 441. The van der Waals surface area contributed by atoms with Crippen LogP contribution in [0.4, 0.5) is 18.9 Å². The van der Waals surface area contributed by atoms with E-state index in [0.29, 0.717) is 0 Å². The van der Waals surface area contributed by atoms with E-state index in [1.165, 1.54) is 0 Å². The molecule has 1 unspecified atom stereocenters. The molecule has 3 nitrogen and oxygen atoms in total. The van der Waals surface area contributed by atoms with E-state index in [1.807, 2.05) is 0 Å². The Morgan fingerprint density at radius 1 is 1.32 bits per heavy atom. The quantitative estimate of drug-likeness (QED) is 0.841. The molecule has 1 fully saturated rings. The Morgan fingerprint density at radius 3 is 2.47 bits per heavy atom. The third-order valence-corrected chi connectivity index (χ3v) is 2.90. The number of benzene rings is 1. The van der Waals surface area contributed by atoms with Crippen LogP contribution in [0.1, 0.15) is 12.8 Å². The number of carbonyl (C=O) groups is 1. The zero-order valence-corrected chi connectivity index (χ0v) is 10.8. The van der Waals surface area contributed by atoms with E-state index < -0.39 is 17.5 Å². The zero-order valence-electron chi connectivity index (χ0n) is 10.0. The number of halogens is 4. The van der Waals surface area contributed by atoms with Crippen LogP contribution >= 0.6 is 12.4 Å². The lowest BCUT2D eigenvalue weighted by atomic mass is 10.0. The highest BCUT2D eigenvalue weighted by Gasteiger charge is 2.19. The minimum Gasteiger partial charge on any atom is -0.326 e. The standard InChI is InChI=1S/C12H13F3N2O.ClH/c13-9-4-8(5-10(14)12(9)15)17-11(18)3-7-1-2-16-6-7;/h4-5,7,16H,1-3,6H2,(H,17,18);1H. The van der Waals surface area contributed by atoms with Crippen molar-refractivity contribution >= 4 is 24.0 Å². The second kappa shape index (κ2) is 6.77. The van der Waals surface area contributed by atoms with E-state index in [2.05, 4.69) is 10.6 Å². The van der Waals surface area contributed by atoms with Crippen molar-refractivity contribution in [1.82, 2.24) is 5.32 Å². The fourth-order valence-corrected chi connectivity index (χ4v) is 1.99. The molecule has 0 bridgehead atoms. The van der Waals surface area contributed by atoms with Gasteiger partial charge in [0.05, 0.1) is 0 Å². The SMILES string of the molecule is Cl.O=C(CC1CCNC1)Nc1cc(F)c(F)c(F)c1. The molecule has 106 valence electrons. The number of nitrogens with one attached hydrogen (secondary N) is 2. The van der Waals surface area contributed by atoms with E-state index in [1.54, 1.807) is 0 Å². The zero-order chi connectivity index (χ0) is 13.1. The maximum atomic E-state index is 12.9. The summed E-state index contributed by atoms with van der Waals surface area (Å²) < 4.78 is 38.5. The maximum Gasteiger partial charge on any atom is 0.224 e. The Morgan fingerprint density at radius 2 is 1.95 bits per heavy atom. The monoisotopic (exact) mass is 294 g/mol. The van der Waals surface area contributed by atoms with Crippen LogP contribution in [0.25, 0.3) is 0 Å². The summed E-state index contributed by atoms with van der Waals surface area (Å²) in [5.74, 6) is -4.25. The van der Waals surface area contributed by atoms with Crippen molar-refractivity contribution in [3.05, 3.63) is 29.6 Å². The molecule has 0 aliphatic carbocycles. The summed E-state index contributed by atoms with van der Waals surface area (Å²) in [4.78, 5) is 11.6. The Balaban J connectivity index is 0.00000180. The van der Waals surface area contributed by atoms with E-state index in [4.69, 9.17) is 0 Å². The van der Waals surface area contributed by atoms with Gasteiger partial charge in [-0.15, -0.1) is 12.4 Å². The molecule has 2 rings (SSSR count). The molecule has 19 heavy (non-hydrogen) atoms. The highest BCUT2D eigenvalue weighted by atomic mass is 35.5. The molecule has 1 amide bonds. The summed E-state index contributed by atoms with van der Waals surface area (Å²) in [5.41, 5.74) is -0.0673. The van der Waals surface area contributed by atoms with Gasteiger partial charge in [-0.05, 0) is 25.4 Å². The molecule has 0 saturated carbocycles. The first-order chi connectivity index (χ1) is 8.56. The first-order valence-corrected chi connectivity index (χ1v) is 5.71. The minimum atomic E-state index is -1.53. The van der Waals surface area contributed by atoms with Gasteiger partial charge in [0.15, 0.2) is 17.5 Å². The first-order valence-electron chi connectivity index (χ1n) is 5.71. The van der Waals surface area contributed by atoms with E-state index >= 15 is 0 Å². The van der Waals surface area contributed by atoms with Crippen molar-refractivity contribution < 1.29 is 18.0 Å². The number of hydrogen-bond donors (Lipinski definition) is 2. The highest BCUT2D eigenvalue weighted by Crippen LogP contribution is 2.19. The smallest absolute Gasteiger partial charge is 0.224 e. The van der Waals surface area contributed by atoms with Gasteiger partial charge < -0.3 is 10.6 Å². The summed E-state index contributed by atoms with van der Waals surface area (Å²) in [5, 5.41) is 5.48. The van der Waals surface area contributed by atoms with Gasteiger partial charge in [0.1, 0.15) is 0 Å². The molecule has 0 radical (unpaired) electrons. The summed E-state index contributed by atoms with van der Waals surface area (Å²) >= 11 is 0. The van der Waals surface area contributed by atoms with E-state index in [0.717, 1.165) is 31.6 Å². The fraction of sp³-hybridized carbons (Fsp3) is 0.417. The summed E-state index contributed by atoms with van der Waals surface area (Å²) in [6.07, 6.45) is 1.19. The van der Waals surface area contributed by atoms with Crippen molar-refractivity contribution in [2.45, 2.75) is 12.8 Å². The van der Waals surface area contributed by atoms with Crippen molar-refractivity contribution in [3.63, 3.8) is 0 Å². The van der Waals surface area contributed by atoms with Crippen molar-refractivity contribution in [2.75, 3.05) is 18.4 Å². The van der Waals surface area contributed by atoms with Crippen LogP contribution in [0.2, 0.25) is 0 Å². The van der Waals surface area contributed by atoms with Crippen LogP contribution in [0.5, 0.6) is 0 Å². The maximum absolute atomic E-state index is 12.9. The molecule has 1 atom stereocenters. The minimum absolute atomic E-state index is 0. The molecule has 1 heterocycles. The topological polar surface area (TPSA) is 41.1 Å². The molecule has 1 aliphatic rings. The van der Waals surface area contributed by atoms with Crippen LogP contribution in [0.15, 0.2) is 12.1 Å². The first kappa shape index (κ1) is 15.8. The molecular weight excluding hydrogens is 281 g/mol.